The lowest BCUT2D eigenvalue weighted by Crippen LogP contribution is -2.43. The van der Waals surface area contributed by atoms with Crippen LogP contribution in [0.5, 0.6) is 0 Å². The Kier molecular flexibility index (Phi) is 2.83. The van der Waals surface area contributed by atoms with Crippen molar-refractivity contribution in [2.45, 2.75) is 58.0 Å². The van der Waals surface area contributed by atoms with Crippen LogP contribution >= 0.6 is 0 Å². The summed E-state index contributed by atoms with van der Waals surface area (Å²) in [7, 11) is 0. The van der Waals surface area contributed by atoms with Crippen LogP contribution < -0.4 is 5.32 Å². The van der Waals surface area contributed by atoms with Gasteiger partial charge in [0.05, 0.1) is 0 Å². The molecule has 16 heavy (non-hydrogen) atoms. The first-order valence-corrected chi connectivity index (χ1v) is 6.34. The molecule has 1 saturated carbocycles. The van der Waals surface area contributed by atoms with Crippen LogP contribution in [0.2, 0.25) is 0 Å². The molecule has 1 fully saturated rings. The van der Waals surface area contributed by atoms with E-state index in [-0.39, 0.29) is 11.1 Å². The lowest BCUT2D eigenvalue weighted by molar-refractivity contribution is 0.349. The van der Waals surface area contributed by atoms with E-state index in [1.807, 2.05) is 0 Å². The summed E-state index contributed by atoms with van der Waals surface area (Å²) < 4.78 is 0. The SMILES string of the molecule is CCc1ccc(C2(NC(C)(C)C)CC2)cc1. The van der Waals surface area contributed by atoms with Gasteiger partial charge < -0.3 is 5.32 Å². The Balaban J connectivity index is 2.17. The minimum Gasteiger partial charge on any atom is -0.303 e. The van der Waals surface area contributed by atoms with E-state index in [0.29, 0.717) is 0 Å². The highest BCUT2D eigenvalue weighted by Gasteiger charge is 2.46. The highest BCUT2D eigenvalue weighted by Crippen LogP contribution is 2.46. The molecule has 1 aliphatic carbocycles. The van der Waals surface area contributed by atoms with Crippen LogP contribution in [0.1, 0.15) is 51.7 Å². The molecule has 0 heterocycles. The number of hydrogen-bond acceptors (Lipinski definition) is 1. The first-order valence-electron chi connectivity index (χ1n) is 6.34. The summed E-state index contributed by atoms with van der Waals surface area (Å²) in [6.07, 6.45) is 3.67. The molecule has 0 spiro atoms. The van der Waals surface area contributed by atoms with Gasteiger partial charge in [0.15, 0.2) is 0 Å². The molecule has 1 N–H and O–H groups in total. The Morgan fingerprint density at radius 3 is 2.06 bits per heavy atom. The molecule has 0 aromatic heterocycles. The van der Waals surface area contributed by atoms with Crippen molar-refractivity contribution < 1.29 is 0 Å². The molecule has 1 aromatic rings. The summed E-state index contributed by atoms with van der Waals surface area (Å²) in [4.78, 5) is 0. The van der Waals surface area contributed by atoms with E-state index in [2.05, 4.69) is 57.3 Å². The van der Waals surface area contributed by atoms with Crippen LogP contribution in [0.25, 0.3) is 0 Å². The summed E-state index contributed by atoms with van der Waals surface area (Å²) >= 11 is 0. The third-order valence-electron chi connectivity index (χ3n) is 3.28. The topological polar surface area (TPSA) is 12.0 Å². The van der Waals surface area contributed by atoms with E-state index in [1.54, 1.807) is 0 Å². The van der Waals surface area contributed by atoms with Crippen molar-refractivity contribution in [1.82, 2.24) is 5.32 Å². The number of aryl methyl sites for hydroxylation is 1. The second kappa shape index (κ2) is 3.89. The maximum absolute atomic E-state index is 3.76. The lowest BCUT2D eigenvalue weighted by Gasteiger charge is -2.29. The van der Waals surface area contributed by atoms with Gasteiger partial charge in [-0.3, -0.25) is 0 Å². The average molecular weight is 217 g/mol. The summed E-state index contributed by atoms with van der Waals surface area (Å²) in [5.74, 6) is 0. The van der Waals surface area contributed by atoms with E-state index in [4.69, 9.17) is 0 Å². The molecule has 0 amide bonds. The van der Waals surface area contributed by atoms with Crippen molar-refractivity contribution in [3.63, 3.8) is 0 Å². The van der Waals surface area contributed by atoms with Gasteiger partial charge in [-0.25, -0.2) is 0 Å². The highest BCUT2D eigenvalue weighted by atomic mass is 15.1. The molecular formula is C15H23N. The monoisotopic (exact) mass is 217 g/mol. The van der Waals surface area contributed by atoms with E-state index >= 15 is 0 Å². The molecule has 88 valence electrons. The van der Waals surface area contributed by atoms with Crippen molar-refractivity contribution in [2.75, 3.05) is 0 Å². The Hall–Kier alpha value is -0.820. The van der Waals surface area contributed by atoms with Crippen LogP contribution in [-0.2, 0) is 12.0 Å². The molecule has 1 nitrogen and oxygen atoms in total. The molecule has 0 unspecified atom stereocenters. The minimum atomic E-state index is 0.194. The van der Waals surface area contributed by atoms with E-state index in [1.165, 1.54) is 24.0 Å². The highest BCUT2D eigenvalue weighted by molar-refractivity contribution is 5.33. The first-order chi connectivity index (χ1) is 7.45. The van der Waals surface area contributed by atoms with Gasteiger partial charge in [0, 0.05) is 11.1 Å². The maximum Gasteiger partial charge on any atom is 0.0440 e. The second-order valence-corrected chi connectivity index (χ2v) is 6.01. The number of benzene rings is 1. The average Bonchev–Trinajstić information content (AvgIpc) is 2.96. The molecular weight excluding hydrogens is 194 g/mol. The van der Waals surface area contributed by atoms with Crippen LogP contribution in [-0.4, -0.2) is 5.54 Å². The number of rotatable bonds is 3. The predicted molar refractivity (Wildman–Crippen MR) is 69.6 cm³/mol. The van der Waals surface area contributed by atoms with Crippen molar-refractivity contribution >= 4 is 0 Å². The fourth-order valence-corrected chi connectivity index (χ4v) is 2.39. The molecule has 0 aliphatic heterocycles. The van der Waals surface area contributed by atoms with Crippen LogP contribution in [0.3, 0.4) is 0 Å². The summed E-state index contributed by atoms with van der Waals surface area (Å²) in [6.45, 7) is 8.93. The van der Waals surface area contributed by atoms with Crippen LogP contribution in [0.4, 0.5) is 0 Å². The summed E-state index contributed by atoms with van der Waals surface area (Å²) in [5.41, 5.74) is 3.35. The van der Waals surface area contributed by atoms with E-state index in [9.17, 15) is 0 Å². The molecule has 0 saturated heterocycles. The standard InChI is InChI=1S/C15H23N/c1-5-12-6-8-13(9-7-12)15(10-11-15)16-14(2,3)4/h6-9,16H,5,10-11H2,1-4H3. The van der Waals surface area contributed by atoms with Crippen molar-refractivity contribution in [1.29, 1.82) is 0 Å². The Morgan fingerprint density at radius 1 is 1.12 bits per heavy atom. The van der Waals surface area contributed by atoms with Crippen molar-refractivity contribution in [3.8, 4) is 0 Å². The molecule has 1 aromatic carbocycles. The third kappa shape index (κ3) is 2.46. The number of hydrogen-bond donors (Lipinski definition) is 1. The summed E-state index contributed by atoms with van der Waals surface area (Å²) in [6, 6.07) is 9.12. The first kappa shape index (κ1) is 11.7. The molecule has 0 bridgehead atoms. The molecule has 0 atom stereocenters. The van der Waals surface area contributed by atoms with Gasteiger partial charge in [-0.15, -0.1) is 0 Å². The van der Waals surface area contributed by atoms with E-state index in [0.717, 1.165) is 6.42 Å². The zero-order valence-corrected chi connectivity index (χ0v) is 10.9. The third-order valence-corrected chi connectivity index (χ3v) is 3.28. The second-order valence-electron chi connectivity index (χ2n) is 6.01. The molecule has 1 heteroatoms. The zero-order chi connectivity index (χ0) is 11.8. The van der Waals surface area contributed by atoms with Gasteiger partial charge in [0.25, 0.3) is 0 Å². The molecule has 0 radical (unpaired) electrons. The maximum atomic E-state index is 3.76. The lowest BCUT2D eigenvalue weighted by atomic mass is 9.98. The van der Waals surface area contributed by atoms with Crippen molar-refractivity contribution in [3.05, 3.63) is 35.4 Å². The smallest absolute Gasteiger partial charge is 0.0440 e. The summed E-state index contributed by atoms with van der Waals surface area (Å²) in [5, 5.41) is 3.76. The Bertz CT molecular complexity index is 352. The quantitative estimate of drug-likeness (QED) is 0.815. The molecule has 1 aliphatic rings. The number of nitrogens with one attached hydrogen (secondary N) is 1. The van der Waals surface area contributed by atoms with E-state index < -0.39 is 0 Å². The van der Waals surface area contributed by atoms with Gasteiger partial charge in [-0.2, -0.15) is 0 Å². The predicted octanol–water partition coefficient (Wildman–Crippen LogP) is 3.63. The fourth-order valence-electron chi connectivity index (χ4n) is 2.39. The van der Waals surface area contributed by atoms with Crippen molar-refractivity contribution in [2.24, 2.45) is 0 Å². The Labute approximate surface area is 99.3 Å². The van der Waals surface area contributed by atoms with Crippen LogP contribution in [0, 0.1) is 0 Å². The Morgan fingerprint density at radius 2 is 1.69 bits per heavy atom. The van der Waals surface area contributed by atoms with Gasteiger partial charge in [-0.05, 0) is 51.2 Å². The van der Waals surface area contributed by atoms with Gasteiger partial charge in [0.2, 0.25) is 0 Å². The van der Waals surface area contributed by atoms with Gasteiger partial charge in [-0.1, -0.05) is 31.2 Å². The van der Waals surface area contributed by atoms with Gasteiger partial charge >= 0.3 is 0 Å². The van der Waals surface area contributed by atoms with Gasteiger partial charge in [0.1, 0.15) is 0 Å². The fraction of sp³-hybridized carbons (Fsp3) is 0.600. The minimum absolute atomic E-state index is 0.194. The van der Waals surface area contributed by atoms with Crippen LogP contribution in [0.15, 0.2) is 24.3 Å². The zero-order valence-electron chi connectivity index (χ0n) is 10.9. The molecule has 2 rings (SSSR count). The normalized spacial score (nSPS) is 18.5. The largest absolute Gasteiger partial charge is 0.303 e.